The smallest absolute Gasteiger partial charge is 0.133 e. The van der Waals surface area contributed by atoms with Gasteiger partial charge in [-0.2, -0.15) is 11.8 Å². The van der Waals surface area contributed by atoms with Gasteiger partial charge in [-0.1, -0.05) is 20.8 Å². The van der Waals surface area contributed by atoms with Gasteiger partial charge in [-0.3, -0.25) is 4.79 Å². The molecule has 0 aliphatic carbocycles. The Balaban J connectivity index is 3.72. The SMILES string of the molecule is CCSCCC(C(C)=O)C(C)C. The van der Waals surface area contributed by atoms with Crippen LogP contribution in [-0.2, 0) is 4.79 Å². The van der Waals surface area contributed by atoms with Crippen molar-refractivity contribution in [3.05, 3.63) is 0 Å². The van der Waals surface area contributed by atoms with Gasteiger partial charge in [0.05, 0.1) is 0 Å². The summed E-state index contributed by atoms with van der Waals surface area (Å²) in [7, 11) is 0. The van der Waals surface area contributed by atoms with Crippen LogP contribution in [0.4, 0.5) is 0 Å². The molecule has 0 saturated heterocycles. The molecule has 0 saturated carbocycles. The Morgan fingerprint density at radius 3 is 2.33 bits per heavy atom. The van der Waals surface area contributed by atoms with Crippen molar-refractivity contribution in [2.75, 3.05) is 11.5 Å². The normalized spacial score (nSPS) is 13.4. The summed E-state index contributed by atoms with van der Waals surface area (Å²) >= 11 is 1.92. The number of ketones is 1. The number of thioether (sulfide) groups is 1. The third-order valence-corrected chi connectivity index (χ3v) is 3.04. The van der Waals surface area contributed by atoms with Gasteiger partial charge >= 0.3 is 0 Å². The number of hydrogen-bond acceptors (Lipinski definition) is 2. The molecule has 0 aliphatic rings. The second-order valence-electron chi connectivity index (χ2n) is 3.45. The molecule has 0 aromatic heterocycles. The standard InChI is InChI=1S/C10H20OS/c1-5-12-7-6-10(8(2)3)9(4)11/h8,10H,5-7H2,1-4H3. The zero-order valence-corrected chi connectivity index (χ0v) is 9.41. The lowest BCUT2D eigenvalue weighted by Crippen LogP contribution is -2.18. The van der Waals surface area contributed by atoms with E-state index in [1.807, 2.05) is 11.8 Å². The second kappa shape index (κ2) is 6.53. The van der Waals surface area contributed by atoms with E-state index in [1.54, 1.807) is 6.92 Å². The van der Waals surface area contributed by atoms with Crippen molar-refractivity contribution in [1.29, 1.82) is 0 Å². The van der Waals surface area contributed by atoms with Crippen LogP contribution in [0.25, 0.3) is 0 Å². The Kier molecular flexibility index (Phi) is 6.54. The summed E-state index contributed by atoms with van der Waals surface area (Å²) in [6.45, 7) is 8.12. The Morgan fingerprint density at radius 2 is 2.00 bits per heavy atom. The maximum Gasteiger partial charge on any atom is 0.133 e. The molecule has 12 heavy (non-hydrogen) atoms. The molecular formula is C10H20OS. The van der Waals surface area contributed by atoms with Crippen LogP contribution >= 0.6 is 11.8 Å². The van der Waals surface area contributed by atoms with E-state index in [9.17, 15) is 4.79 Å². The maximum atomic E-state index is 11.2. The Hall–Kier alpha value is 0.0200. The van der Waals surface area contributed by atoms with Crippen molar-refractivity contribution in [1.82, 2.24) is 0 Å². The molecule has 0 aromatic rings. The number of carbonyl (C=O) groups excluding carboxylic acids is 1. The Labute approximate surface area is 80.3 Å². The lowest BCUT2D eigenvalue weighted by Gasteiger charge is -2.16. The summed E-state index contributed by atoms with van der Waals surface area (Å²) in [5, 5.41) is 0. The summed E-state index contributed by atoms with van der Waals surface area (Å²) < 4.78 is 0. The minimum Gasteiger partial charge on any atom is -0.300 e. The van der Waals surface area contributed by atoms with Crippen molar-refractivity contribution in [2.45, 2.75) is 34.1 Å². The summed E-state index contributed by atoms with van der Waals surface area (Å²) in [4.78, 5) is 11.2. The van der Waals surface area contributed by atoms with Crippen LogP contribution in [0.2, 0.25) is 0 Å². The molecule has 0 amide bonds. The summed E-state index contributed by atoms with van der Waals surface area (Å²) in [5.74, 6) is 3.41. The zero-order valence-electron chi connectivity index (χ0n) is 8.59. The first kappa shape index (κ1) is 12.0. The number of carbonyl (C=O) groups is 1. The van der Waals surface area contributed by atoms with Crippen LogP contribution in [0.15, 0.2) is 0 Å². The molecule has 1 unspecified atom stereocenters. The molecule has 0 heterocycles. The molecule has 0 aromatic carbocycles. The molecular weight excluding hydrogens is 168 g/mol. The van der Waals surface area contributed by atoms with Crippen LogP contribution in [0, 0.1) is 11.8 Å². The van der Waals surface area contributed by atoms with Crippen LogP contribution in [0.1, 0.15) is 34.1 Å². The molecule has 0 fully saturated rings. The maximum absolute atomic E-state index is 11.2. The van der Waals surface area contributed by atoms with Crippen molar-refractivity contribution >= 4 is 17.5 Å². The Morgan fingerprint density at radius 1 is 1.42 bits per heavy atom. The zero-order chi connectivity index (χ0) is 9.56. The first-order valence-electron chi connectivity index (χ1n) is 4.67. The quantitative estimate of drug-likeness (QED) is 0.596. The highest BCUT2D eigenvalue weighted by atomic mass is 32.2. The molecule has 0 radical (unpaired) electrons. The van der Waals surface area contributed by atoms with Gasteiger partial charge in [0.1, 0.15) is 5.78 Å². The molecule has 0 rings (SSSR count). The van der Waals surface area contributed by atoms with Gasteiger partial charge in [0.25, 0.3) is 0 Å². The third-order valence-electron chi connectivity index (χ3n) is 2.10. The van der Waals surface area contributed by atoms with E-state index in [4.69, 9.17) is 0 Å². The van der Waals surface area contributed by atoms with Crippen LogP contribution in [0.3, 0.4) is 0 Å². The fraction of sp³-hybridized carbons (Fsp3) is 0.900. The summed E-state index contributed by atoms with van der Waals surface area (Å²) in [6.07, 6.45) is 1.05. The molecule has 0 bridgehead atoms. The van der Waals surface area contributed by atoms with Crippen molar-refractivity contribution in [2.24, 2.45) is 11.8 Å². The van der Waals surface area contributed by atoms with Crippen LogP contribution in [0.5, 0.6) is 0 Å². The molecule has 0 spiro atoms. The van der Waals surface area contributed by atoms with E-state index in [1.165, 1.54) is 0 Å². The number of rotatable bonds is 6. The van der Waals surface area contributed by atoms with E-state index < -0.39 is 0 Å². The largest absolute Gasteiger partial charge is 0.300 e. The number of Topliss-reactive ketones (excluding diaryl/α,β-unsaturated/α-hetero) is 1. The summed E-state index contributed by atoms with van der Waals surface area (Å²) in [6, 6.07) is 0. The average molecular weight is 188 g/mol. The van der Waals surface area contributed by atoms with Crippen LogP contribution in [-0.4, -0.2) is 17.3 Å². The second-order valence-corrected chi connectivity index (χ2v) is 4.84. The lowest BCUT2D eigenvalue weighted by molar-refractivity contribution is -0.122. The first-order valence-corrected chi connectivity index (χ1v) is 5.83. The summed E-state index contributed by atoms with van der Waals surface area (Å²) in [5.41, 5.74) is 0. The molecule has 1 atom stereocenters. The fourth-order valence-corrected chi connectivity index (χ4v) is 2.07. The average Bonchev–Trinajstić information content (AvgIpc) is 1.96. The highest BCUT2D eigenvalue weighted by molar-refractivity contribution is 7.99. The van der Waals surface area contributed by atoms with Gasteiger partial charge in [0.2, 0.25) is 0 Å². The van der Waals surface area contributed by atoms with Gasteiger partial charge in [-0.25, -0.2) is 0 Å². The van der Waals surface area contributed by atoms with Gasteiger partial charge in [0, 0.05) is 5.92 Å². The van der Waals surface area contributed by atoms with E-state index in [-0.39, 0.29) is 5.92 Å². The molecule has 72 valence electrons. The molecule has 0 aliphatic heterocycles. The lowest BCUT2D eigenvalue weighted by atomic mass is 9.90. The molecule has 2 heteroatoms. The van der Waals surface area contributed by atoms with Gasteiger partial charge in [-0.15, -0.1) is 0 Å². The van der Waals surface area contributed by atoms with Gasteiger partial charge < -0.3 is 0 Å². The van der Waals surface area contributed by atoms with Crippen molar-refractivity contribution < 1.29 is 4.79 Å². The Bertz CT molecular complexity index is 132. The topological polar surface area (TPSA) is 17.1 Å². The van der Waals surface area contributed by atoms with E-state index in [0.717, 1.165) is 17.9 Å². The van der Waals surface area contributed by atoms with Crippen molar-refractivity contribution in [3.63, 3.8) is 0 Å². The predicted octanol–water partition coefficient (Wildman–Crippen LogP) is 2.99. The third kappa shape index (κ3) is 4.81. The van der Waals surface area contributed by atoms with Crippen LogP contribution < -0.4 is 0 Å². The fourth-order valence-electron chi connectivity index (χ4n) is 1.36. The van der Waals surface area contributed by atoms with Gasteiger partial charge in [-0.05, 0) is 30.8 Å². The van der Waals surface area contributed by atoms with Crippen molar-refractivity contribution in [3.8, 4) is 0 Å². The predicted molar refractivity (Wildman–Crippen MR) is 56.6 cm³/mol. The number of hydrogen-bond donors (Lipinski definition) is 0. The minimum atomic E-state index is 0.282. The molecule has 0 N–H and O–H groups in total. The minimum absolute atomic E-state index is 0.282. The van der Waals surface area contributed by atoms with E-state index in [2.05, 4.69) is 20.8 Å². The molecule has 1 nitrogen and oxygen atoms in total. The highest BCUT2D eigenvalue weighted by Gasteiger charge is 2.17. The van der Waals surface area contributed by atoms with E-state index in [0.29, 0.717) is 11.7 Å². The highest BCUT2D eigenvalue weighted by Crippen LogP contribution is 2.18. The first-order chi connectivity index (χ1) is 5.59. The monoisotopic (exact) mass is 188 g/mol. The van der Waals surface area contributed by atoms with E-state index >= 15 is 0 Å². The van der Waals surface area contributed by atoms with Gasteiger partial charge in [0.15, 0.2) is 0 Å².